The Bertz CT molecular complexity index is 864. The zero-order chi connectivity index (χ0) is 16.2. The molecule has 3 nitrogen and oxygen atoms in total. The van der Waals surface area contributed by atoms with E-state index in [9.17, 15) is 4.39 Å². The van der Waals surface area contributed by atoms with E-state index in [0.717, 1.165) is 11.3 Å². The molecule has 0 aliphatic carbocycles. The molecule has 1 N–H and O–H groups in total. The van der Waals surface area contributed by atoms with Crippen molar-refractivity contribution in [1.82, 2.24) is 4.98 Å². The van der Waals surface area contributed by atoms with E-state index in [-0.39, 0.29) is 5.82 Å². The molecule has 7 heteroatoms. The summed E-state index contributed by atoms with van der Waals surface area (Å²) in [7, 11) is 0. The van der Waals surface area contributed by atoms with Gasteiger partial charge in [-0.05, 0) is 24.3 Å². The zero-order valence-corrected chi connectivity index (χ0v) is 14.0. The molecule has 0 amide bonds. The first-order valence-electron chi connectivity index (χ1n) is 6.58. The zero-order valence-electron chi connectivity index (χ0n) is 11.6. The van der Waals surface area contributed by atoms with Crippen LogP contribution in [0, 0.1) is 5.82 Å². The molecule has 0 radical (unpaired) electrons. The highest BCUT2D eigenvalue weighted by molar-refractivity contribution is 7.14. The van der Waals surface area contributed by atoms with Crippen LogP contribution in [0.5, 0.6) is 0 Å². The number of nitrogens with zero attached hydrogens (tertiary/aromatic N) is 2. The second-order valence-corrected chi connectivity index (χ2v) is 6.26. The lowest BCUT2D eigenvalue weighted by molar-refractivity contribution is 0.626. The van der Waals surface area contributed by atoms with Gasteiger partial charge in [-0.15, -0.1) is 11.3 Å². The van der Waals surface area contributed by atoms with E-state index < -0.39 is 0 Å². The SMILES string of the molecule is Fc1ccccc1/C=N/Nc1nc(-c2ccc(Cl)cc2Cl)cs1. The number of thiazole rings is 1. The van der Waals surface area contributed by atoms with Gasteiger partial charge in [0.2, 0.25) is 5.13 Å². The highest BCUT2D eigenvalue weighted by Crippen LogP contribution is 2.32. The summed E-state index contributed by atoms with van der Waals surface area (Å²) >= 11 is 13.4. The predicted molar refractivity (Wildman–Crippen MR) is 95.2 cm³/mol. The Hall–Kier alpha value is -1.95. The largest absolute Gasteiger partial charge is 0.253 e. The molecule has 0 saturated carbocycles. The van der Waals surface area contributed by atoms with Crippen LogP contribution in [-0.4, -0.2) is 11.2 Å². The Morgan fingerprint density at radius 2 is 2.00 bits per heavy atom. The number of benzene rings is 2. The lowest BCUT2D eigenvalue weighted by atomic mass is 10.2. The summed E-state index contributed by atoms with van der Waals surface area (Å²) in [6.07, 6.45) is 1.41. The van der Waals surface area contributed by atoms with Gasteiger partial charge >= 0.3 is 0 Å². The number of anilines is 1. The van der Waals surface area contributed by atoms with Crippen molar-refractivity contribution >= 4 is 45.9 Å². The molecule has 0 fully saturated rings. The molecular weight excluding hydrogens is 356 g/mol. The molecule has 0 atom stereocenters. The Morgan fingerprint density at radius 3 is 2.78 bits per heavy atom. The fraction of sp³-hybridized carbons (Fsp3) is 0. The number of halogens is 3. The summed E-state index contributed by atoms with van der Waals surface area (Å²) in [5, 5.41) is 7.54. The molecule has 0 aliphatic rings. The molecule has 3 rings (SSSR count). The van der Waals surface area contributed by atoms with Crippen molar-refractivity contribution in [3.63, 3.8) is 0 Å². The van der Waals surface area contributed by atoms with E-state index in [2.05, 4.69) is 15.5 Å². The van der Waals surface area contributed by atoms with Crippen LogP contribution >= 0.6 is 34.5 Å². The van der Waals surface area contributed by atoms with Crippen LogP contribution in [0.15, 0.2) is 52.9 Å². The highest BCUT2D eigenvalue weighted by atomic mass is 35.5. The number of hydrazone groups is 1. The molecule has 0 unspecified atom stereocenters. The molecule has 0 bridgehead atoms. The third-order valence-electron chi connectivity index (χ3n) is 2.98. The predicted octanol–water partition coefficient (Wildman–Crippen LogP) is 5.70. The minimum atomic E-state index is -0.328. The molecule has 3 aromatic rings. The molecule has 23 heavy (non-hydrogen) atoms. The van der Waals surface area contributed by atoms with E-state index in [4.69, 9.17) is 23.2 Å². The second kappa shape index (κ2) is 7.08. The summed E-state index contributed by atoms with van der Waals surface area (Å²) in [4.78, 5) is 4.40. The van der Waals surface area contributed by atoms with Gasteiger partial charge in [0.05, 0.1) is 16.9 Å². The summed E-state index contributed by atoms with van der Waals surface area (Å²) in [6.45, 7) is 0. The maximum atomic E-state index is 13.5. The topological polar surface area (TPSA) is 37.3 Å². The maximum Gasteiger partial charge on any atom is 0.203 e. The van der Waals surface area contributed by atoms with Crippen molar-refractivity contribution in [3.05, 3.63) is 69.3 Å². The number of aromatic nitrogens is 1. The van der Waals surface area contributed by atoms with Crippen molar-refractivity contribution in [3.8, 4) is 11.3 Å². The van der Waals surface area contributed by atoms with Gasteiger partial charge in [-0.1, -0.05) is 41.4 Å². The summed E-state index contributed by atoms with van der Waals surface area (Å²) in [5.74, 6) is -0.328. The van der Waals surface area contributed by atoms with Gasteiger partial charge in [0.25, 0.3) is 0 Å². The Labute approximate surface area is 146 Å². The maximum absolute atomic E-state index is 13.5. The lowest BCUT2D eigenvalue weighted by Gasteiger charge is -2.00. The van der Waals surface area contributed by atoms with E-state index >= 15 is 0 Å². The van der Waals surface area contributed by atoms with Crippen LogP contribution in [0.1, 0.15) is 5.56 Å². The summed E-state index contributed by atoms with van der Waals surface area (Å²) in [5.41, 5.74) is 4.70. The van der Waals surface area contributed by atoms with Crippen LogP contribution in [-0.2, 0) is 0 Å². The number of nitrogens with one attached hydrogen (secondary N) is 1. The van der Waals surface area contributed by atoms with Crippen molar-refractivity contribution in [2.24, 2.45) is 5.10 Å². The normalized spacial score (nSPS) is 11.1. The van der Waals surface area contributed by atoms with Crippen LogP contribution in [0.25, 0.3) is 11.3 Å². The number of hydrogen-bond donors (Lipinski definition) is 1. The standard InChI is InChI=1S/C16H10Cl2FN3S/c17-11-5-6-12(13(18)7-11)15-9-23-16(21-15)22-20-8-10-3-1-2-4-14(10)19/h1-9H,(H,21,22)/b20-8+. The van der Waals surface area contributed by atoms with E-state index in [1.54, 1.807) is 30.3 Å². The number of rotatable bonds is 4. The number of hydrogen-bond acceptors (Lipinski definition) is 4. The fourth-order valence-electron chi connectivity index (χ4n) is 1.88. The Balaban J connectivity index is 1.74. The molecule has 1 aromatic heterocycles. The molecule has 116 valence electrons. The lowest BCUT2D eigenvalue weighted by Crippen LogP contribution is -1.92. The van der Waals surface area contributed by atoms with Gasteiger partial charge in [-0.2, -0.15) is 5.10 Å². The van der Waals surface area contributed by atoms with Crippen LogP contribution in [0.2, 0.25) is 10.0 Å². The second-order valence-electron chi connectivity index (χ2n) is 4.55. The summed E-state index contributed by atoms with van der Waals surface area (Å²) in [6, 6.07) is 11.6. The monoisotopic (exact) mass is 365 g/mol. The fourth-order valence-corrected chi connectivity index (χ4v) is 3.05. The quantitative estimate of drug-likeness (QED) is 0.475. The molecule has 2 aromatic carbocycles. The van der Waals surface area contributed by atoms with Gasteiger partial charge in [-0.25, -0.2) is 9.37 Å². The van der Waals surface area contributed by atoms with E-state index in [1.807, 2.05) is 11.4 Å². The molecular formula is C16H10Cl2FN3S. The Morgan fingerprint density at radius 1 is 1.17 bits per heavy atom. The van der Waals surface area contributed by atoms with Crippen molar-refractivity contribution in [2.75, 3.05) is 5.43 Å². The van der Waals surface area contributed by atoms with Crippen molar-refractivity contribution in [2.45, 2.75) is 0 Å². The first-order chi connectivity index (χ1) is 11.1. The van der Waals surface area contributed by atoms with E-state index in [0.29, 0.717) is 20.7 Å². The first kappa shape index (κ1) is 15.9. The van der Waals surface area contributed by atoms with Gasteiger partial charge < -0.3 is 0 Å². The smallest absolute Gasteiger partial charge is 0.203 e. The molecule has 0 saturated heterocycles. The van der Waals surface area contributed by atoms with Gasteiger partial charge in [0.15, 0.2) is 0 Å². The van der Waals surface area contributed by atoms with Gasteiger partial charge in [0, 0.05) is 21.5 Å². The Kier molecular flexibility index (Phi) is 4.91. The average molecular weight is 366 g/mol. The third-order valence-corrected chi connectivity index (χ3v) is 4.28. The summed E-state index contributed by atoms with van der Waals surface area (Å²) < 4.78 is 13.5. The van der Waals surface area contributed by atoms with Crippen molar-refractivity contribution < 1.29 is 4.39 Å². The third kappa shape index (κ3) is 3.88. The highest BCUT2D eigenvalue weighted by Gasteiger charge is 2.08. The van der Waals surface area contributed by atoms with Crippen LogP contribution in [0.3, 0.4) is 0 Å². The molecule has 1 heterocycles. The van der Waals surface area contributed by atoms with Crippen LogP contribution in [0.4, 0.5) is 9.52 Å². The van der Waals surface area contributed by atoms with E-state index in [1.165, 1.54) is 23.6 Å². The van der Waals surface area contributed by atoms with Gasteiger partial charge in [0.1, 0.15) is 5.82 Å². The van der Waals surface area contributed by atoms with Crippen LogP contribution < -0.4 is 5.43 Å². The minimum Gasteiger partial charge on any atom is -0.253 e. The molecule has 0 spiro atoms. The molecule has 0 aliphatic heterocycles. The van der Waals surface area contributed by atoms with Crippen molar-refractivity contribution in [1.29, 1.82) is 0 Å². The minimum absolute atomic E-state index is 0.328. The van der Waals surface area contributed by atoms with Gasteiger partial charge in [-0.3, -0.25) is 5.43 Å². The first-order valence-corrected chi connectivity index (χ1v) is 8.21. The average Bonchev–Trinajstić information content (AvgIpc) is 2.98.